The molecule has 0 saturated carbocycles. The fourth-order valence-electron chi connectivity index (χ4n) is 1.93. The molecule has 2 rings (SSSR count). The summed E-state index contributed by atoms with van der Waals surface area (Å²) < 4.78 is 0. The number of nitrogens with zero attached hydrogens (tertiary/aromatic N) is 2. The maximum Gasteiger partial charge on any atom is 0.255 e. The maximum atomic E-state index is 12.3. The number of nitrogens with two attached hydrogens (primary N) is 1. The Bertz CT molecular complexity index is 656. The molecular formula is C16H15N3O. The molecule has 0 spiro atoms. The van der Waals surface area contributed by atoms with Crippen LogP contribution in [0.25, 0.3) is 0 Å². The molecule has 100 valence electrons. The lowest BCUT2D eigenvalue weighted by Crippen LogP contribution is -2.26. The second-order valence-electron chi connectivity index (χ2n) is 4.56. The van der Waals surface area contributed by atoms with Crippen LogP contribution in [-0.2, 0) is 6.54 Å². The fraction of sp³-hybridized carbons (Fsp3) is 0.125. The average molecular weight is 265 g/mol. The molecule has 4 heteroatoms. The van der Waals surface area contributed by atoms with Crippen LogP contribution in [-0.4, -0.2) is 17.9 Å². The molecule has 0 saturated heterocycles. The van der Waals surface area contributed by atoms with Crippen molar-refractivity contribution in [2.75, 3.05) is 12.8 Å². The van der Waals surface area contributed by atoms with Crippen LogP contribution < -0.4 is 5.73 Å². The third-order valence-corrected chi connectivity index (χ3v) is 3.04. The van der Waals surface area contributed by atoms with Gasteiger partial charge in [-0.1, -0.05) is 24.3 Å². The Morgan fingerprint density at radius 3 is 2.45 bits per heavy atom. The molecule has 4 nitrogen and oxygen atoms in total. The van der Waals surface area contributed by atoms with Crippen molar-refractivity contribution < 1.29 is 4.79 Å². The van der Waals surface area contributed by atoms with E-state index in [1.165, 1.54) is 0 Å². The van der Waals surface area contributed by atoms with Gasteiger partial charge >= 0.3 is 0 Å². The van der Waals surface area contributed by atoms with E-state index in [2.05, 4.69) is 6.07 Å². The van der Waals surface area contributed by atoms with Gasteiger partial charge in [-0.05, 0) is 29.8 Å². The molecule has 1 amide bonds. The Morgan fingerprint density at radius 1 is 1.20 bits per heavy atom. The number of benzene rings is 2. The van der Waals surface area contributed by atoms with Crippen LogP contribution in [0.3, 0.4) is 0 Å². The SMILES string of the molecule is CN(Cc1ccc(C#N)cc1)C(=O)c1ccccc1N. The first-order valence-electron chi connectivity index (χ1n) is 6.21. The molecule has 0 bridgehead atoms. The monoisotopic (exact) mass is 265 g/mol. The predicted molar refractivity (Wildman–Crippen MR) is 77.8 cm³/mol. The average Bonchev–Trinajstić information content (AvgIpc) is 2.48. The Morgan fingerprint density at radius 2 is 1.85 bits per heavy atom. The summed E-state index contributed by atoms with van der Waals surface area (Å²) in [5.74, 6) is -0.118. The minimum Gasteiger partial charge on any atom is -0.398 e. The van der Waals surface area contributed by atoms with Crippen LogP contribution in [0, 0.1) is 11.3 Å². The number of nitrogen functional groups attached to an aromatic ring is 1. The maximum absolute atomic E-state index is 12.3. The zero-order valence-corrected chi connectivity index (χ0v) is 11.2. The van der Waals surface area contributed by atoms with Crippen molar-refractivity contribution in [2.45, 2.75) is 6.54 Å². The van der Waals surface area contributed by atoms with Gasteiger partial charge in [0.1, 0.15) is 0 Å². The highest BCUT2D eigenvalue weighted by Crippen LogP contribution is 2.14. The fourth-order valence-corrected chi connectivity index (χ4v) is 1.93. The van der Waals surface area contributed by atoms with Crippen LogP contribution in [0.2, 0.25) is 0 Å². The molecule has 2 aromatic carbocycles. The van der Waals surface area contributed by atoms with Gasteiger partial charge in [0.25, 0.3) is 5.91 Å². The summed E-state index contributed by atoms with van der Waals surface area (Å²) in [6.07, 6.45) is 0. The van der Waals surface area contributed by atoms with Crippen molar-refractivity contribution in [3.8, 4) is 6.07 Å². The molecule has 0 unspecified atom stereocenters. The molecule has 0 atom stereocenters. The van der Waals surface area contributed by atoms with E-state index in [1.54, 1.807) is 48.3 Å². The summed E-state index contributed by atoms with van der Waals surface area (Å²) >= 11 is 0. The van der Waals surface area contributed by atoms with E-state index in [0.29, 0.717) is 23.4 Å². The predicted octanol–water partition coefficient (Wildman–Crippen LogP) is 2.41. The van der Waals surface area contributed by atoms with E-state index in [1.807, 2.05) is 12.1 Å². The van der Waals surface area contributed by atoms with Crippen molar-refractivity contribution in [2.24, 2.45) is 0 Å². The molecular weight excluding hydrogens is 250 g/mol. The van der Waals surface area contributed by atoms with Gasteiger partial charge in [-0.25, -0.2) is 0 Å². The number of carbonyl (C=O) groups is 1. The van der Waals surface area contributed by atoms with E-state index < -0.39 is 0 Å². The number of nitriles is 1. The number of para-hydroxylation sites is 1. The number of hydrogen-bond donors (Lipinski definition) is 1. The standard InChI is InChI=1S/C16H15N3O/c1-19(11-13-8-6-12(10-17)7-9-13)16(20)14-4-2-3-5-15(14)18/h2-9H,11,18H2,1H3. The molecule has 2 N–H and O–H groups in total. The Kier molecular flexibility index (Phi) is 4.02. The van der Waals surface area contributed by atoms with Gasteiger partial charge in [0, 0.05) is 19.3 Å². The van der Waals surface area contributed by atoms with Crippen molar-refractivity contribution in [3.05, 3.63) is 65.2 Å². The van der Waals surface area contributed by atoms with Gasteiger partial charge in [0.15, 0.2) is 0 Å². The quantitative estimate of drug-likeness (QED) is 0.866. The van der Waals surface area contributed by atoms with Crippen LogP contribution in [0.1, 0.15) is 21.5 Å². The van der Waals surface area contributed by atoms with Gasteiger partial charge in [-0.3, -0.25) is 4.79 Å². The smallest absolute Gasteiger partial charge is 0.255 e. The largest absolute Gasteiger partial charge is 0.398 e. The van der Waals surface area contributed by atoms with E-state index in [4.69, 9.17) is 11.0 Å². The Labute approximate surface area is 118 Å². The van der Waals surface area contributed by atoms with E-state index >= 15 is 0 Å². The van der Waals surface area contributed by atoms with Crippen molar-refractivity contribution in [1.82, 2.24) is 4.90 Å². The molecule has 0 aliphatic rings. The summed E-state index contributed by atoms with van der Waals surface area (Å²) in [5.41, 5.74) is 8.36. The first kappa shape index (κ1) is 13.6. The van der Waals surface area contributed by atoms with E-state index in [-0.39, 0.29) is 5.91 Å². The molecule has 0 aliphatic heterocycles. The van der Waals surface area contributed by atoms with Crippen LogP contribution >= 0.6 is 0 Å². The topological polar surface area (TPSA) is 70.1 Å². The molecule has 0 aliphatic carbocycles. The first-order valence-corrected chi connectivity index (χ1v) is 6.21. The number of anilines is 1. The molecule has 20 heavy (non-hydrogen) atoms. The second-order valence-corrected chi connectivity index (χ2v) is 4.56. The van der Waals surface area contributed by atoms with Crippen molar-refractivity contribution in [3.63, 3.8) is 0 Å². The van der Waals surface area contributed by atoms with E-state index in [9.17, 15) is 4.79 Å². The molecule has 0 radical (unpaired) electrons. The molecule has 2 aromatic rings. The highest BCUT2D eigenvalue weighted by molar-refractivity contribution is 5.98. The summed E-state index contributed by atoms with van der Waals surface area (Å²) in [7, 11) is 1.73. The van der Waals surface area contributed by atoms with Gasteiger partial charge < -0.3 is 10.6 Å². The summed E-state index contributed by atoms with van der Waals surface area (Å²) in [5, 5.41) is 8.75. The Balaban J connectivity index is 2.11. The highest BCUT2D eigenvalue weighted by Gasteiger charge is 2.14. The highest BCUT2D eigenvalue weighted by atomic mass is 16.2. The second kappa shape index (κ2) is 5.89. The number of amides is 1. The third kappa shape index (κ3) is 2.96. The molecule has 0 fully saturated rings. The van der Waals surface area contributed by atoms with Gasteiger partial charge in [-0.2, -0.15) is 5.26 Å². The summed E-state index contributed by atoms with van der Waals surface area (Å²) in [6, 6.07) is 16.3. The number of hydrogen-bond acceptors (Lipinski definition) is 3. The van der Waals surface area contributed by atoms with Crippen molar-refractivity contribution in [1.29, 1.82) is 5.26 Å². The van der Waals surface area contributed by atoms with Crippen LogP contribution in [0.15, 0.2) is 48.5 Å². The Hall–Kier alpha value is -2.80. The van der Waals surface area contributed by atoms with Gasteiger partial charge in [-0.15, -0.1) is 0 Å². The van der Waals surface area contributed by atoms with E-state index in [0.717, 1.165) is 5.56 Å². The number of rotatable bonds is 3. The summed E-state index contributed by atoms with van der Waals surface area (Å²) in [6.45, 7) is 0.471. The minimum absolute atomic E-state index is 0.118. The zero-order chi connectivity index (χ0) is 14.5. The van der Waals surface area contributed by atoms with Crippen LogP contribution in [0.4, 0.5) is 5.69 Å². The third-order valence-electron chi connectivity index (χ3n) is 3.04. The summed E-state index contributed by atoms with van der Waals surface area (Å²) in [4.78, 5) is 13.9. The first-order chi connectivity index (χ1) is 9.61. The van der Waals surface area contributed by atoms with Crippen molar-refractivity contribution >= 4 is 11.6 Å². The lowest BCUT2D eigenvalue weighted by Gasteiger charge is -2.18. The van der Waals surface area contributed by atoms with Gasteiger partial charge in [0.2, 0.25) is 0 Å². The lowest BCUT2D eigenvalue weighted by molar-refractivity contribution is 0.0786. The lowest BCUT2D eigenvalue weighted by atomic mass is 10.1. The molecule has 0 heterocycles. The minimum atomic E-state index is -0.118. The number of carbonyl (C=O) groups excluding carboxylic acids is 1. The zero-order valence-electron chi connectivity index (χ0n) is 11.2. The molecule has 0 aromatic heterocycles. The van der Waals surface area contributed by atoms with Gasteiger partial charge in [0.05, 0.1) is 17.2 Å². The normalized spacial score (nSPS) is 9.80. The van der Waals surface area contributed by atoms with Crippen LogP contribution in [0.5, 0.6) is 0 Å².